The first-order valence-electron chi connectivity index (χ1n) is 10.3. The molecule has 1 fully saturated rings. The van der Waals surface area contributed by atoms with Crippen molar-refractivity contribution in [3.05, 3.63) is 0 Å². The maximum atomic E-state index is 14.6. The highest BCUT2D eigenvalue weighted by Crippen LogP contribution is 2.39. The fourth-order valence-corrected chi connectivity index (χ4v) is 3.00. The molecule has 16 heteroatoms. The second-order valence-corrected chi connectivity index (χ2v) is 8.04. The van der Waals surface area contributed by atoms with Crippen LogP contribution >= 0.6 is 0 Å². The van der Waals surface area contributed by atoms with Crippen LogP contribution in [0.1, 0.15) is 20.3 Å². The molecule has 1 heterocycles. The van der Waals surface area contributed by atoms with Gasteiger partial charge in [-0.15, -0.1) is 0 Å². The number of ether oxygens (including phenoxy) is 1. The summed E-state index contributed by atoms with van der Waals surface area (Å²) in [5.74, 6) is -10.7. The van der Waals surface area contributed by atoms with Crippen molar-refractivity contribution >= 4 is 17.8 Å². The fraction of sp³-hybridized carbons (Fsp3) is 0.833. The van der Waals surface area contributed by atoms with Gasteiger partial charge in [0.05, 0.1) is 19.2 Å². The smallest absolute Gasteiger partial charge is 0.325 e. The van der Waals surface area contributed by atoms with Crippen molar-refractivity contribution in [2.75, 3.05) is 19.7 Å². The summed E-state index contributed by atoms with van der Waals surface area (Å²) >= 11 is 0. The molecule has 2 amide bonds. The van der Waals surface area contributed by atoms with Gasteiger partial charge in [-0.05, 0) is 26.8 Å². The average Bonchev–Trinajstić information content (AvgIpc) is 2.76. The number of carbonyl (C=O) groups is 3. The number of carboxylic acids is 1. The average molecular weight is 502 g/mol. The van der Waals surface area contributed by atoms with Crippen LogP contribution in [0.15, 0.2) is 0 Å². The Morgan fingerprint density at radius 2 is 1.65 bits per heavy atom. The zero-order chi connectivity index (χ0) is 26.4. The quantitative estimate of drug-likeness (QED) is 0.113. The molecule has 0 radical (unpaired) electrons. The summed E-state index contributed by atoms with van der Waals surface area (Å²) < 4.78 is 33.8. The van der Waals surface area contributed by atoms with Crippen LogP contribution in [0.4, 0.5) is 8.78 Å². The Hall–Kier alpha value is -2.05. The molecular weight excluding hydrogens is 470 g/mol. The number of alkyl halides is 2. The highest BCUT2D eigenvalue weighted by Gasteiger charge is 2.65. The van der Waals surface area contributed by atoms with E-state index < -0.39 is 85.2 Å². The standard InChI is InChI=1S/C18H32F2N4O10/c1-7(14(29)24-8(2)16(31)32)23-15(30)9(21)3-4-22-6-17(19,20)18(33)13(28)12(27)11(26)10(5-25)34-18/h7-13,22,25-28,33H,3-6,21H2,1-2H3,(H,23,30)(H,24,29)(H,31,32)/t7-,8-,9-,10+,11-,12-,13+,18?/m0/s1. The Balaban J connectivity index is 2.57. The molecular formula is C18H32F2N4O10. The molecule has 198 valence electrons. The molecule has 1 aliphatic heterocycles. The minimum absolute atomic E-state index is 0.204. The summed E-state index contributed by atoms with van der Waals surface area (Å²) in [5, 5.41) is 63.9. The van der Waals surface area contributed by atoms with Crippen molar-refractivity contribution in [2.24, 2.45) is 5.73 Å². The van der Waals surface area contributed by atoms with Gasteiger partial charge in [0, 0.05) is 0 Å². The highest BCUT2D eigenvalue weighted by molar-refractivity contribution is 5.91. The largest absolute Gasteiger partial charge is 0.480 e. The number of halogens is 2. The SMILES string of the molecule is C[C@H](NC(=O)[C@H](C)NC(=O)[C@@H](N)CCNCC(F)(F)C1(O)O[C@H](CO)[C@H](O)[C@H](O)[C@H]1O)C(=O)O. The fourth-order valence-electron chi connectivity index (χ4n) is 3.00. The van der Waals surface area contributed by atoms with Crippen LogP contribution < -0.4 is 21.7 Å². The van der Waals surface area contributed by atoms with E-state index in [-0.39, 0.29) is 13.0 Å². The Kier molecular flexibility index (Phi) is 10.6. The summed E-state index contributed by atoms with van der Waals surface area (Å²) in [6.45, 7) is -0.104. The Labute approximate surface area is 193 Å². The third-order valence-corrected chi connectivity index (χ3v) is 5.29. The second kappa shape index (κ2) is 12.1. The van der Waals surface area contributed by atoms with Crippen LogP contribution in [-0.4, -0.2) is 122 Å². The lowest BCUT2D eigenvalue weighted by atomic mass is 9.88. The molecule has 11 N–H and O–H groups in total. The number of aliphatic carboxylic acids is 1. The van der Waals surface area contributed by atoms with E-state index in [1.807, 2.05) is 0 Å². The zero-order valence-electron chi connectivity index (χ0n) is 18.5. The van der Waals surface area contributed by atoms with Gasteiger partial charge in [-0.25, -0.2) is 0 Å². The summed E-state index contributed by atoms with van der Waals surface area (Å²) in [7, 11) is 0. The summed E-state index contributed by atoms with van der Waals surface area (Å²) in [4.78, 5) is 34.7. The number of nitrogens with one attached hydrogen (secondary N) is 3. The molecule has 0 aliphatic carbocycles. The lowest BCUT2D eigenvalue weighted by Crippen LogP contribution is -2.72. The van der Waals surface area contributed by atoms with E-state index in [0.717, 1.165) is 0 Å². The molecule has 34 heavy (non-hydrogen) atoms. The maximum Gasteiger partial charge on any atom is 0.325 e. The Morgan fingerprint density at radius 1 is 1.09 bits per heavy atom. The monoisotopic (exact) mass is 502 g/mol. The van der Waals surface area contributed by atoms with Gasteiger partial charge in [-0.1, -0.05) is 0 Å². The number of carboxylic acid groups (broad SMARTS) is 1. The second-order valence-electron chi connectivity index (χ2n) is 8.04. The number of hydrogen-bond donors (Lipinski definition) is 10. The zero-order valence-corrected chi connectivity index (χ0v) is 18.5. The number of amides is 2. The summed E-state index contributed by atoms with van der Waals surface area (Å²) in [5.41, 5.74) is 5.66. The van der Waals surface area contributed by atoms with E-state index in [1.54, 1.807) is 0 Å². The van der Waals surface area contributed by atoms with Crippen molar-refractivity contribution in [1.82, 2.24) is 16.0 Å². The molecule has 8 atom stereocenters. The van der Waals surface area contributed by atoms with Gasteiger partial charge in [0.15, 0.2) is 0 Å². The Morgan fingerprint density at radius 3 is 2.18 bits per heavy atom. The molecule has 0 saturated carbocycles. The van der Waals surface area contributed by atoms with Crippen LogP contribution in [0.5, 0.6) is 0 Å². The van der Waals surface area contributed by atoms with Crippen LogP contribution in [-0.2, 0) is 19.1 Å². The molecule has 0 aromatic carbocycles. The summed E-state index contributed by atoms with van der Waals surface area (Å²) in [6, 6.07) is -3.56. The topological polar surface area (TPSA) is 244 Å². The molecule has 14 nitrogen and oxygen atoms in total. The van der Waals surface area contributed by atoms with Crippen LogP contribution in [0.2, 0.25) is 0 Å². The van der Waals surface area contributed by atoms with Crippen molar-refractivity contribution in [1.29, 1.82) is 0 Å². The van der Waals surface area contributed by atoms with Crippen molar-refractivity contribution in [3.8, 4) is 0 Å². The van der Waals surface area contributed by atoms with E-state index in [1.165, 1.54) is 13.8 Å². The third-order valence-electron chi connectivity index (χ3n) is 5.29. The van der Waals surface area contributed by atoms with Crippen LogP contribution in [0.3, 0.4) is 0 Å². The highest BCUT2D eigenvalue weighted by atomic mass is 19.3. The van der Waals surface area contributed by atoms with Crippen molar-refractivity contribution in [2.45, 2.75) is 74.5 Å². The Bertz CT molecular complexity index is 731. The predicted molar refractivity (Wildman–Crippen MR) is 108 cm³/mol. The number of rotatable bonds is 12. The third kappa shape index (κ3) is 6.98. The van der Waals surface area contributed by atoms with Gasteiger partial charge >= 0.3 is 11.9 Å². The van der Waals surface area contributed by atoms with Gasteiger partial charge in [0.1, 0.15) is 36.5 Å². The molecule has 1 saturated heterocycles. The number of carbonyl (C=O) groups excluding carboxylic acids is 2. The lowest BCUT2D eigenvalue weighted by molar-refractivity contribution is -0.409. The van der Waals surface area contributed by atoms with Gasteiger partial charge in [0.2, 0.25) is 11.8 Å². The van der Waals surface area contributed by atoms with Gasteiger partial charge in [-0.3, -0.25) is 14.4 Å². The summed E-state index contributed by atoms with van der Waals surface area (Å²) in [6.07, 6.45) is -8.74. The lowest BCUT2D eigenvalue weighted by Gasteiger charge is -2.48. The van der Waals surface area contributed by atoms with E-state index in [4.69, 9.17) is 15.9 Å². The van der Waals surface area contributed by atoms with Crippen molar-refractivity contribution in [3.63, 3.8) is 0 Å². The number of hydrogen-bond acceptors (Lipinski definition) is 11. The van der Waals surface area contributed by atoms with Gasteiger partial charge in [0.25, 0.3) is 5.79 Å². The number of aliphatic hydroxyl groups excluding tert-OH is 4. The van der Waals surface area contributed by atoms with E-state index in [9.17, 15) is 43.6 Å². The predicted octanol–water partition coefficient (Wildman–Crippen LogP) is -4.81. The molecule has 0 spiro atoms. The normalized spacial score (nSPS) is 30.2. The van der Waals surface area contributed by atoms with E-state index in [0.29, 0.717) is 0 Å². The first-order valence-corrected chi connectivity index (χ1v) is 10.3. The van der Waals surface area contributed by atoms with Crippen LogP contribution in [0.25, 0.3) is 0 Å². The molecule has 0 aromatic heterocycles. The minimum atomic E-state index is -4.22. The molecule has 0 aromatic rings. The van der Waals surface area contributed by atoms with E-state index >= 15 is 0 Å². The molecule has 1 aliphatic rings. The minimum Gasteiger partial charge on any atom is -0.480 e. The number of nitrogens with two attached hydrogens (primary N) is 1. The van der Waals surface area contributed by atoms with Crippen LogP contribution in [0, 0.1) is 0 Å². The first kappa shape index (κ1) is 30.0. The first-order chi connectivity index (χ1) is 15.6. The molecule has 0 bridgehead atoms. The van der Waals surface area contributed by atoms with Crippen molar-refractivity contribution < 1.29 is 58.5 Å². The molecule has 1 rings (SSSR count). The number of aliphatic hydroxyl groups is 5. The van der Waals surface area contributed by atoms with Gasteiger partial charge < -0.3 is 57.1 Å². The van der Waals surface area contributed by atoms with Gasteiger partial charge in [-0.2, -0.15) is 8.78 Å². The maximum absolute atomic E-state index is 14.6. The van der Waals surface area contributed by atoms with E-state index in [2.05, 4.69) is 20.7 Å². The molecule has 1 unspecified atom stereocenters.